The minimum Gasteiger partial charge on any atom is -0.447 e. The molecule has 3 atom stereocenters. The van der Waals surface area contributed by atoms with E-state index < -0.39 is 18.2 Å². The highest BCUT2D eigenvalue weighted by molar-refractivity contribution is 6.30. The van der Waals surface area contributed by atoms with Crippen LogP contribution >= 0.6 is 11.6 Å². The van der Waals surface area contributed by atoms with Gasteiger partial charge in [0.15, 0.2) is 5.82 Å². The average Bonchev–Trinajstić information content (AvgIpc) is 3.36. The highest BCUT2D eigenvalue weighted by Gasteiger charge is 2.38. The van der Waals surface area contributed by atoms with E-state index in [9.17, 15) is 9.90 Å². The SMILES string of the molecule is C[C@@H](Nc1nccc(N2C(=O)OCC2[C@@H](C)O)n1)c1noc(-c2ccc(Cl)cc2)n1. The van der Waals surface area contributed by atoms with E-state index in [1.165, 1.54) is 11.1 Å². The van der Waals surface area contributed by atoms with E-state index in [-0.39, 0.29) is 18.6 Å². The van der Waals surface area contributed by atoms with Gasteiger partial charge in [0.05, 0.1) is 12.1 Å². The van der Waals surface area contributed by atoms with Crippen LogP contribution in [0.2, 0.25) is 5.02 Å². The molecular formula is C19H19ClN6O4. The monoisotopic (exact) mass is 430 g/mol. The zero-order valence-corrected chi connectivity index (χ0v) is 16.9. The number of hydrogen-bond acceptors (Lipinski definition) is 9. The van der Waals surface area contributed by atoms with Gasteiger partial charge in [-0.3, -0.25) is 4.90 Å². The van der Waals surface area contributed by atoms with Gasteiger partial charge in [-0.1, -0.05) is 16.8 Å². The summed E-state index contributed by atoms with van der Waals surface area (Å²) < 4.78 is 10.4. The lowest BCUT2D eigenvalue weighted by Gasteiger charge is -2.22. The number of aromatic nitrogens is 4. The Balaban J connectivity index is 1.50. The van der Waals surface area contributed by atoms with E-state index in [2.05, 4.69) is 25.4 Å². The Hall–Kier alpha value is -3.24. The topological polar surface area (TPSA) is 127 Å². The van der Waals surface area contributed by atoms with E-state index in [1.807, 2.05) is 6.92 Å². The number of carbonyl (C=O) groups excluding carboxylic acids is 1. The molecule has 1 aliphatic heterocycles. The first kappa shape index (κ1) is 20.0. The number of anilines is 2. The van der Waals surface area contributed by atoms with Crippen LogP contribution in [0, 0.1) is 0 Å². The summed E-state index contributed by atoms with van der Waals surface area (Å²) in [6.07, 6.45) is 0.175. The number of halogens is 1. The lowest BCUT2D eigenvalue weighted by atomic mass is 10.2. The van der Waals surface area contributed by atoms with E-state index >= 15 is 0 Å². The van der Waals surface area contributed by atoms with Crippen LogP contribution in [0.4, 0.5) is 16.6 Å². The normalized spacial score (nSPS) is 18.2. The van der Waals surface area contributed by atoms with Crippen molar-refractivity contribution in [1.82, 2.24) is 20.1 Å². The summed E-state index contributed by atoms with van der Waals surface area (Å²) in [4.78, 5) is 26.3. The maximum absolute atomic E-state index is 12.1. The number of aliphatic hydroxyl groups is 1. The molecule has 11 heteroatoms. The fourth-order valence-electron chi connectivity index (χ4n) is 2.99. The van der Waals surface area contributed by atoms with Gasteiger partial charge in [0.2, 0.25) is 5.95 Å². The maximum Gasteiger partial charge on any atom is 0.416 e. The molecule has 3 aromatic rings. The van der Waals surface area contributed by atoms with Crippen molar-refractivity contribution in [3.05, 3.63) is 47.4 Å². The van der Waals surface area contributed by atoms with Crippen molar-refractivity contribution >= 4 is 29.5 Å². The third kappa shape index (κ3) is 4.05. The van der Waals surface area contributed by atoms with Crippen molar-refractivity contribution in [2.45, 2.75) is 32.0 Å². The first-order valence-corrected chi connectivity index (χ1v) is 9.63. The summed E-state index contributed by atoms with van der Waals surface area (Å²) in [5.74, 6) is 1.37. The molecule has 2 N–H and O–H groups in total. The number of rotatable bonds is 6. The molecule has 1 saturated heterocycles. The molecule has 0 radical (unpaired) electrons. The smallest absolute Gasteiger partial charge is 0.416 e. The average molecular weight is 431 g/mol. The van der Waals surface area contributed by atoms with Gasteiger partial charge in [-0.05, 0) is 44.2 Å². The van der Waals surface area contributed by atoms with Crippen LogP contribution in [0.25, 0.3) is 11.5 Å². The number of ether oxygens (including phenoxy) is 1. The van der Waals surface area contributed by atoms with Crippen LogP contribution in [0.15, 0.2) is 41.1 Å². The fraction of sp³-hybridized carbons (Fsp3) is 0.316. The van der Waals surface area contributed by atoms with E-state index in [0.29, 0.717) is 22.6 Å². The number of benzene rings is 1. The van der Waals surface area contributed by atoms with Crippen LogP contribution in [0.5, 0.6) is 0 Å². The first-order chi connectivity index (χ1) is 14.4. The molecule has 0 spiro atoms. The zero-order valence-electron chi connectivity index (χ0n) is 16.2. The molecule has 30 heavy (non-hydrogen) atoms. The van der Waals surface area contributed by atoms with Crippen molar-refractivity contribution in [2.75, 3.05) is 16.8 Å². The highest BCUT2D eigenvalue weighted by atomic mass is 35.5. The van der Waals surface area contributed by atoms with Crippen molar-refractivity contribution in [2.24, 2.45) is 0 Å². The van der Waals surface area contributed by atoms with Gasteiger partial charge < -0.3 is 19.7 Å². The maximum atomic E-state index is 12.1. The fourth-order valence-corrected chi connectivity index (χ4v) is 3.11. The van der Waals surface area contributed by atoms with E-state index in [0.717, 1.165) is 5.56 Å². The molecule has 1 fully saturated rings. The predicted octanol–water partition coefficient (Wildman–Crippen LogP) is 3.06. The Kier molecular flexibility index (Phi) is 5.51. The Bertz CT molecular complexity index is 1040. The third-order valence-corrected chi connectivity index (χ3v) is 4.87. The summed E-state index contributed by atoms with van der Waals surface area (Å²) in [5, 5.41) is 17.6. The summed E-state index contributed by atoms with van der Waals surface area (Å²) >= 11 is 5.90. The number of hydrogen-bond donors (Lipinski definition) is 2. The molecular weight excluding hydrogens is 412 g/mol. The van der Waals surface area contributed by atoms with Gasteiger partial charge >= 0.3 is 6.09 Å². The molecule has 1 aromatic carbocycles. The molecule has 10 nitrogen and oxygen atoms in total. The quantitative estimate of drug-likeness (QED) is 0.606. The molecule has 3 heterocycles. The second kappa shape index (κ2) is 8.25. The summed E-state index contributed by atoms with van der Waals surface area (Å²) in [6, 6.07) is 7.75. The molecule has 2 aromatic heterocycles. The zero-order chi connectivity index (χ0) is 21.3. The molecule has 4 rings (SSSR count). The molecule has 0 bridgehead atoms. The largest absolute Gasteiger partial charge is 0.447 e. The van der Waals surface area contributed by atoms with E-state index in [4.69, 9.17) is 20.9 Å². The first-order valence-electron chi connectivity index (χ1n) is 9.25. The van der Waals surface area contributed by atoms with Gasteiger partial charge in [-0.25, -0.2) is 9.78 Å². The second-order valence-corrected chi connectivity index (χ2v) is 7.26. The van der Waals surface area contributed by atoms with Crippen molar-refractivity contribution in [1.29, 1.82) is 0 Å². The number of cyclic esters (lactones) is 1. The van der Waals surface area contributed by atoms with Crippen molar-refractivity contribution < 1.29 is 19.2 Å². The number of aliphatic hydroxyl groups excluding tert-OH is 1. The Morgan fingerprint density at radius 1 is 1.23 bits per heavy atom. The number of nitrogens with one attached hydrogen (secondary N) is 1. The van der Waals surface area contributed by atoms with Crippen LogP contribution in [0.3, 0.4) is 0 Å². The van der Waals surface area contributed by atoms with E-state index in [1.54, 1.807) is 37.3 Å². The number of nitrogens with zero attached hydrogens (tertiary/aromatic N) is 5. The summed E-state index contributed by atoms with van der Waals surface area (Å²) in [6.45, 7) is 3.52. The molecule has 0 saturated carbocycles. The van der Waals surface area contributed by atoms with Crippen molar-refractivity contribution in [3.8, 4) is 11.5 Å². The molecule has 0 aliphatic carbocycles. The standard InChI is InChI=1S/C19H19ClN6O4/c1-10(16-24-17(30-25-16)12-3-5-13(20)6-4-12)22-18-21-8-7-15(23-18)26-14(11(2)27)9-29-19(26)28/h3-8,10-11,14,27H,9H2,1-2H3,(H,21,22,23)/t10-,11-,14?/m1/s1. The van der Waals surface area contributed by atoms with Gasteiger partial charge in [0.25, 0.3) is 5.89 Å². The van der Waals surface area contributed by atoms with Crippen molar-refractivity contribution in [3.63, 3.8) is 0 Å². The van der Waals surface area contributed by atoms with Crippen LogP contribution in [-0.4, -0.2) is 50.1 Å². The minimum absolute atomic E-state index is 0.0933. The Morgan fingerprint density at radius 2 is 2.00 bits per heavy atom. The molecule has 1 amide bonds. The van der Waals surface area contributed by atoms with Gasteiger partial charge in [-0.2, -0.15) is 9.97 Å². The predicted molar refractivity (Wildman–Crippen MR) is 108 cm³/mol. The van der Waals surface area contributed by atoms with Crippen LogP contribution in [0.1, 0.15) is 25.7 Å². The summed E-state index contributed by atoms with van der Waals surface area (Å²) in [5.41, 5.74) is 0.750. The Labute approximate surface area is 176 Å². The van der Waals surface area contributed by atoms with Gasteiger partial charge in [-0.15, -0.1) is 0 Å². The lowest BCUT2D eigenvalue weighted by molar-refractivity contribution is 0.142. The second-order valence-electron chi connectivity index (χ2n) is 6.82. The molecule has 156 valence electrons. The third-order valence-electron chi connectivity index (χ3n) is 4.62. The molecule has 1 unspecified atom stereocenters. The summed E-state index contributed by atoms with van der Waals surface area (Å²) in [7, 11) is 0. The van der Waals surface area contributed by atoms with Crippen LogP contribution in [-0.2, 0) is 4.74 Å². The highest BCUT2D eigenvalue weighted by Crippen LogP contribution is 2.25. The van der Waals surface area contributed by atoms with Gasteiger partial charge in [0.1, 0.15) is 18.5 Å². The Morgan fingerprint density at radius 3 is 2.73 bits per heavy atom. The lowest BCUT2D eigenvalue weighted by Crippen LogP contribution is -2.41. The number of carbonyl (C=O) groups is 1. The van der Waals surface area contributed by atoms with Crippen LogP contribution < -0.4 is 10.2 Å². The van der Waals surface area contributed by atoms with Gasteiger partial charge in [0, 0.05) is 16.8 Å². The molecule has 1 aliphatic rings. The number of amides is 1. The minimum atomic E-state index is -0.771.